The molecule has 1 aliphatic rings. The van der Waals surface area contributed by atoms with Gasteiger partial charge in [-0.25, -0.2) is 4.99 Å². The van der Waals surface area contributed by atoms with Crippen molar-refractivity contribution in [2.75, 3.05) is 5.32 Å². The lowest BCUT2D eigenvalue weighted by molar-refractivity contribution is 0.464. The van der Waals surface area contributed by atoms with E-state index in [0.29, 0.717) is 11.7 Å². The second-order valence-corrected chi connectivity index (χ2v) is 5.13. The Morgan fingerprint density at radius 1 is 1.29 bits per heavy atom. The number of rotatable bonds is 3. The Hall–Kier alpha value is -2.56. The van der Waals surface area contributed by atoms with Gasteiger partial charge in [-0.15, -0.1) is 0 Å². The van der Waals surface area contributed by atoms with Gasteiger partial charge in [0.15, 0.2) is 5.96 Å². The topological polar surface area (TPSA) is 83.5 Å². The summed E-state index contributed by atoms with van der Waals surface area (Å²) in [6.45, 7) is 0.246. The van der Waals surface area contributed by atoms with Gasteiger partial charge in [-0.2, -0.15) is 0 Å². The van der Waals surface area contributed by atoms with E-state index in [9.17, 15) is 5.11 Å². The number of anilines is 1. The summed E-state index contributed by atoms with van der Waals surface area (Å²) in [7, 11) is 0. The van der Waals surface area contributed by atoms with Crippen molar-refractivity contribution in [1.29, 1.82) is 0 Å². The molecule has 3 rings (SSSR count). The van der Waals surface area contributed by atoms with Gasteiger partial charge < -0.3 is 16.2 Å². The molecular formula is C16H18N4O. The lowest BCUT2D eigenvalue weighted by atomic mass is 10.1. The molecule has 21 heavy (non-hydrogen) atoms. The van der Waals surface area contributed by atoms with Crippen molar-refractivity contribution in [3.63, 3.8) is 0 Å². The third-order valence-corrected chi connectivity index (χ3v) is 3.64. The molecule has 0 atom stereocenters. The minimum absolute atomic E-state index is 0.131. The molecule has 1 heterocycles. The number of hydrogen-bond acceptors (Lipinski definition) is 3. The van der Waals surface area contributed by atoms with E-state index in [2.05, 4.69) is 27.4 Å². The van der Waals surface area contributed by atoms with Gasteiger partial charge in [0.2, 0.25) is 0 Å². The second kappa shape index (κ2) is 5.83. The molecule has 0 bridgehead atoms. The highest BCUT2D eigenvalue weighted by atomic mass is 16.3. The molecular weight excluding hydrogens is 264 g/mol. The first-order chi connectivity index (χ1) is 10.2. The fourth-order valence-electron chi connectivity index (χ4n) is 2.55. The van der Waals surface area contributed by atoms with Gasteiger partial charge in [-0.1, -0.05) is 6.07 Å². The van der Waals surface area contributed by atoms with E-state index in [1.54, 1.807) is 18.3 Å². The third kappa shape index (κ3) is 3.13. The summed E-state index contributed by atoms with van der Waals surface area (Å²) in [5.74, 6) is 0.449. The Labute approximate surface area is 123 Å². The molecule has 108 valence electrons. The molecule has 0 spiro atoms. The van der Waals surface area contributed by atoms with Crippen LogP contribution >= 0.6 is 0 Å². The Bertz CT molecular complexity index is 682. The molecule has 5 nitrogen and oxygen atoms in total. The van der Waals surface area contributed by atoms with Crippen molar-refractivity contribution in [3.8, 4) is 5.75 Å². The van der Waals surface area contributed by atoms with Crippen LogP contribution in [0.15, 0.2) is 41.5 Å². The number of benzene rings is 1. The van der Waals surface area contributed by atoms with Crippen LogP contribution in [0, 0.1) is 0 Å². The van der Waals surface area contributed by atoms with Crippen molar-refractivity contribution in [1.82, 2.24) is 4.98 Å². The number of nitrogens with zero attached hydrogens (tertiary/aromatic N) is 2. The summed E-state index contributed by atoms with van der Waals surface area (Å²) in [4.78, 5) is 8.27. The number of hydrogen-bond donors (Lipinski definition) is 3. The van der Waals surface area contributed by atoms with Crippen LogP contribution in [0.1, 0.15) is 23.2 Å². The lowest BCUT2D eigenvalue weighted by Gasteiger charge is -2.08. The Kier molecular flexibility index (Phi) is 3.73. The van der Waals surface area contributed by atoms with Crippen molar-refractivity contribution < 1.29 is 5.11 Å². The third-order valence-electron chi connectivity index (χ3n) is 3.64. The van der Waals surface area contributed by atoms with Crippen LogP contribution in [0.5, 0.6) is 5.75 Å². The highest BCUT2D eigenvalue weighted by Crippen LogP contribution is 2.24. The number of aliphatic imine (C=N–C) groups is 1. The summed E-state index contributed by atoms with van der Waals surface area (Å²) < 4.78 is 0. The molecule has 0 unspecified atom stereocenters. The fourth-order valence-corrected chi connectivity index (χ4v) is 2.55. The van der Waals surface area contributed by atoms with Crippen LogP contribution in [0.3, 0.4) is 0 Å². The van der Waals surface area contributed by atoms with Crippen molar-refractivity contribution in [3.05, 3.63) is 53.3 Å². The number of nitrogens with one attached hydrogen (secondary N) is 1. The predicted molar refractivity (Wildman–Crippen MR) is 83.3 cm³/mol. The Morgan fingerprint density at radius 3 is 3.00 bits per heavy atom. The first-order valence-corrected chi connectivity index (χ1v) is 7.04. The summed E-state index contributed by atoms with van der Waals surface area (Å²) in [6.07, 6.45) is 5.14. The first-order valence-electron chi connectivity index (χ1n) is 7.04. The van der Waals surface area contributed by atoms with Crippen molar-refractivity contribution in [2.45, 2.75) is 25.8 Å². The van der Waals surface area contributed by atoms with Gasteiger partial charge in [0, 0.05) is 11.9 Å². The second-order valence-electron chi connectivity index (χ2n) is 5.13. The maximum Gasteiger partial charge on any atom is 0.193 e. The van der Waals surface area contributed by atoms with Crippen LogP contribution in [0.25, 0.3) is 0 Å². The fraction of sp³-hybridized carbons (Fsp3) is 0.250. The van der Waals surface area contributed by atoms with E-state index in [4.69, 9.17) is 5.73 Å². The van der Waals surface area contributed by atoms with Gasteiger partial charge in [0.1, 0.15) is 11.4 Å². The number of guanidine groups is 1. The van der Waals surface area contributed by atoms with Gasteiger partial charge in [-0.3, -0.25) is 4.98 Å². The lowest BCUT2D eigenvalue weighted by Crippen LogP contribution is -2.22. The minimum atomic E-state index is 0.131. The monoisotopic (exact) mass is 282 g/mol. The van der Waals surface area contributed by atoms with E-state index >= 15 is 0 Å². The first kappa shape index (κ1) is 13.4. The van der Waals surface area contributed by atoms with Gasteiger partial charge in [-0.05, 0) is 54.7 Å². The number of pyridine rings is 1. The van der Waals surface area contributed by atoms with E-state index in [1.807, 2.05) is 6.07 Å². The highest BCUT2D eigenvalue weighted by molar-refractivity contribution is 5.92. The number of aryl methyl sites for hydroxylation is 2. The summed E-state index contributed by atoms with van der Waals surface area (Å²) in [5, 5.41) is 12.7. The maximum atomic E-state index is 9.63. The van der Waals surface area contributed by atoms with E-state index in [0.717, 1.165) is 18.5 Å². The predicted octanol–water partition coefficient (Wildman–Crippen LogP) is 2.20. The Morgan fingerprint density at radius 2 is 2.14 bits per heavy atom. The van der Waals surface area contributed by atoms with Crippen molar-refractivity contribution in [2.24, 2.45) is 10.7 Å². The van der Waals surface area contributed by atoms with Gasteiger partial charge in [0.05, 0.1) is 6.54 Å². The molecule has 1 aromatic carbocycles. The maximum absolute atomic E-state index is 9.63. The molecule has 1 aliphatic carbocycles. The van der Waals surface area contributed by atoms with Crippen LogP contribution in [0.4, 0.5) is 5.69 Å². The average Bonchev–Trinajstić information content (AvgIpc) is 2.94. The van der Waals surface area contributed by atoms with E-state index < -0.39 is 0 Å². The van der Waals surface area contributed by atoms with Crippen LogP contribution < -0.4 is 11.1 Å². The molecule has 0 saturated heterocycles. The summed E-state index contributed by atoms with van der Waals surface area (Å²) >= 11 is 0. The average molecular weight is 282 g/mol. The number of aromatic nitrogens is 1. The minimum Gasteiger partial charge on any atom is -0.506 e. The van der Waals surface area contributed by atoms with Crippen LogP contribution in [0.2, 0.25) is 0 Å². The zero-order valence-electron chi connectivity index (χ0n) is 11.7. The molecule has 0 amide bonds. The molecule has 1 aromatic heterocycles. The number of fused-ring (bicyclic) bond motifs is 1. The van der Waals surface area contributed by atoms with Gasteiger partial charge in [0.25, 0.3) is 0 Å². The smallest absolute Gasteiger partial charge is 0.193 e. The number of aromatic hydroxyl groups is 1. The Balaban J connectivity index is 1.67. The highest BCUT2D eigenvalue weighted by Gasteiger charge is 2.10. The number of nitrogens with two attached hydrogens (primary N) is 1. The molecule has 0 aliphatic heterocycles. The summed E-state index contributed by atoms with van der Waals surface area (Å²) in [6, 6.07) is 9.55. The standard InChI is InChI=1S/C16H18N4O/c17-16(19-10-14-15(21)5-2-8-18-14)20-13-7-6-11-3-1-4-12(11)9-13/h2,5-9,21H,1,3-4,10H2,(H3,17,19,20). The quantitative estimate of drug-likeness (QED) is 0.595. The van der Waals surface area contributed by atoms with Crippen LogP contribution in [-0.2, 0) is 19.4 Å². The van der Waals surface area contributed by atoms with Gasteiger partial charge >= 0.3 is 0 Å². The zero-order valence-corrected chi connectivity index (χ0v) is 11.7. The molecule has 0 saturated carbocycles. The van der Waals surface area contributed by atoms with E-state index in [-0.39, 0.29) is 12.3 Å². The molecule has 2 aromatic rings. The SMILES string of the molecule is NC(=NCc1ncccc1O)Nc1ccc2c(c1)CCC2. The molecule has 0 fully saturated rings. The van der Waals surface area contributed by atoms with Crippen LogP contribution in [-0.4, -0.2) is 16.1 Å². The largest absolute Gasteiger partial charge is 0.506 e. The zero-order chi connectivity index (χ0) is 14.7. The van der Waals surface area contributed by atoms with Crippen molar-refractivity contribution >= 4 is 11.6 Å². The molecule has 4 N–H and O–H groups in total. The summed E-state index contributed by atoms with van der Waals surface area (Å²) in [5.41, 5.74) is 10.1. The normalized spacial score (nSPS) is 14.0. The van der Waals surface area contributed by atoms with E-state index in [1.165, 1.54) is 17.5 Å². The molecule has 0 radical (unpaired) electrons. The molecule has 5 heteroatoms.